The van der Waals surface area contributed by atoms with E-state index in [0.29, 0.717) is 16.9 Å². The second kappa shape index (κ2) is 12.5. The lowest BCUT2D eigenvalue weighted by Gasteiger charge is -2.39. The van der Waals surface area contributed by atoms with Gasteiger partial charge in [-0.15, -0.1) is 0 Å². The predicted molar refractivity (Wildman–Crippen MR) is 150 cm³/mol. The molecule has 0 saturated carbocycles. The summed E-state index contributed by atoms with van der Waals surface area (Å²) in [6, 6.07) is 3.07. The zero-order valence-corrected chi connectivity index (χ0v) is 24.7. The fourth-order valence-electron chi connectivity index (χ4n) is 3.89. The van der Waals surface area contributed by atoms with Crippen molar-refractivity contribution in [1.29, 1.82) is 0 Å². The van der Waals surface area contributed by atoms with E-state index in [1.165, 1.54) is 23.9 Å². The van der Waals surface area contributed by atoms with Gasteiger partial charge in [0.2, 0.25) is 0 Å². The highest BCUT2D eigenvalue weighted by Gasteiger charge is 2.39. The molecule has 0 aliphatic carbocycles. The number of hydrogen-bond donors (Lipinski definition) is 1. The van der Waals surface area contributed by atoms with E-state index in [9.17, 15) is 9.59 Å². The fourth-order valence-corrected chi connectivity index (χ4v) is 5.00. The first-order valence-electron chi connectivity index (χ1n) is 12.6. The standard InChI is InChI=1S/C24H32B2FN2O6P.C2H6/c1-22(2,3)15-12-16(23(4,5)6)20-14(19(15)27)13-33-36(34-20)35-24(25,26)17(32-7)8-10-29-11-9-18(30)28-21(29)31;1-2/h9,11-12,17H,8,10,13H2,1-7H3,(H,28,30,31);1-2H3. The summed E-state index contributed by atoms with van der Waals surface area (Å²) in [7, 11) is 11.8. The van der Waals surface area contributed by atoms with Gasteiger partial charge in [-0.1, -0.05) is 55.4 Å². The second-order valence-corrected chi connectivity index (χ2v) is 12.0. The molecular weight excluding hydrogens is 508 g/mol. The van der Waals surface area contributed by atoms with Gasteiger partial charge in [0.15, 0.2) is 0 Å². The van der Waals surface area contributed by atoms with Gasteiger partial charge < -0.3 is 18.4 Å². The maximum Gasteiger partial charge on any atom is 0.396 e. The summed E-state index contributed by atoms with van der Waals surface area (Å²) in [4.78, 5) is 25.4. The van der Waals surface area contributed by atoms with Crippen LogP contribution in [-0.2, 0) is 37.8 Å². The van der Waals surface area contributed by atoms with Gasteiger partial charge >= 0.3 is 14.3 Å². The third-order valence-corrected chi connectivity index (χ3v) is 7.09. The minimum Gasteiger partial charge on any atom is -0.426 e. The summed E-state index contributed by atoms with van der Waals surface area (Å²) in [6.07, 6.45) is 0.688. The molecule has 1 aliphatic heterocycles. The maximum atomic E-state index is 15.5. The normalized spacial score (nSPS) is 16.6. The lowest BCUT2D eigenvalue weighted by Crippen LogP contribution is -2.47. The molecule has 0 fully saturated rings. The van der Waals surface area contributed by atoms with E-state index in [1.54, 1.807) is 0 Å². The van der Waals surface area contributed by atoms with Gasteiger partial charge in [-0.2, -0.15) is 0 Å². The topological polar surface area (TPSA) is 91.8 Å². The number of halogens is 1. The minimum absolute atomic E-state index is 0.0691. The molecule has 3 rings (SSSR count). The number of rotatable bonds is 7. The quantitative estimate of drug-likeness (QED) is 0.405. The number of H-pyrrole nitrogens is 1. The molecule has 2 heterocycles. The molecule has 0 amide bonds. The van der Waals surface area contributed by atoms with Crippen LogP contribution in [0.3, 0.4) is 0 Å². The molecule has 206 valence electrons. The van der Waals surface area contributed by atoms with Gasteiger partial charge in [-0.3, -0.25) is 14.3 Å². The van der Waals surface area contributed by atoms with Crippen LogP contribution in [0, 0.1) is 5.82 Å². The summed E-state index contributed by atoms with van der Waals surface area (Å²) in [5.41, 5.74) is -0.0963. The van der Waals surface area contributed by atoms with Gasteiger partial charge in [-0.05, 0) is 28.9 Å². The van der Waals surface area contributed by atoms with Crippen LogP contribution in [0.4, 0.5) is 4.39 Å². The number of ether oxygens (including phenoxy) is 1. The number of benzene rings is 1. The van der Waals surface area contributed by atoms with Crippen molar-refractivity contribution in [3.63, 3.8) is 0 Å². The predicted octanol–water partition coefficient (Wildman–Crippen LogP) is 4.55. The van der Waals surface area contributed by atoms with Crippen LogP contribution in [0.1, 0.15) is 78.5 Å². The SMILES string of the molecule is CC.[B]C([B])(OP1OCc2c(F)c(C(C)(C)C)cc(C(C)(C)C)c2O1)C(CCn1ccc(=O)[nH]c1=O)OC. The highest BCUT2D eigenvalue weighted by Crippen LogP contribution is 2.54. The zero-order valence-electron chi connectivity index (χ0n) is 23.8. The van der Waals surface area contributed by atoms with E-state index >= 15 is 4.39 Å². The van der Waals surface area contributed by atoms with Crippen molar-refractivity contribution in [1.82, 2.24) is 9.55 Å². The number of nitrogens with zero attached hydrogens (tertiary/aromatic N) is 1. The Hall–Kier alpha value is -1.93. The van der Waals surface area contributed by atoms with Crippen molar-refractivity contribution < 1.29 is 22.7 Å². The first-order valence-corrected chi connectivity index (χ1v) is 13.7. The third-order valence-electron chi connectivity index (χ3n) is 5.95. The van der Waals surface area contributed by atoms with Crippen LogP contribution in [0.25, 0.3) is 0 Å². The number of aromatic amines is 1. The smallest absolute Gasteiger partial charge is 0.396 e. The first-order chi connectivity index (χ1) is 17.5. The lowest BCUT2D eigenvalue weighted by atomic mass is 9.61. The van der Waals surface area contributed by atoms with Crippen molar-refractivity contribution in [2.45, 2.75) is 97.3 Å². The molecule has 1 aromatic carbocycles. The van der Waals surface area contributed by atoms with Gasteiger partial charge in [0.05, 0.1) is 18.3 Å². The number of aryl methyl sites for hydroxylation is 1. The molecule has 0 saturated heterocycles. The van der Waals surface area contributed by atoms with Crippen LogP contribution in [0.5, 0.6) is 5.75 Å². The van der Waals surface area contributed by atoms with Crippen LogP contribution < -0.4 is 15.8 Å². The monoisotopic (exact) mass is 546 g/mol. The van der Waals surface area contributed by atoms with Crippen molar-refractivity contribution >= 4 is 24.3 Å². The maximum absolute atomic E-state index is 15.5. The van der Waals surface area contributed by atoms with Crippen LogP contribution >= 0.6 is 8.60 Å². The fraction of sp³-hybridized carbons (Fsp3) is 0.615. The highest BCUT2D eigenvalue weighted by atomic mass is 31.2. The molecule has 2 unspecified atom stereocenters. The summed E-state index contributed by atoms with van der Waals surface area (Å²) < 4.78 is 39.8. The Bertz CT molecular complexity index is 1220. The lowest BCUT2D eigenvalue weighted by molar-refractivity contribution is 0.000853. The third kappa shape index (κ3) is 7.59. The Morgan fingerprint density at radius 3 is 2.26 bits per heavy atom. The summed E-state index contributed by atoms with van der Waals surface area (Å²) in [5, 5.41) is -1.85. The number of aromatic nitrogens is 2. The Morgan fingerprint density at radius 1 is 1.13 bits per heavy atom. The number of methoxy groups -OCH3 is 1. The number of nitrogens with one attached hydrogen (secondary N) is 1. The number of fused-ring (bicyclic) bond motifs is 1. The molecule has 12 heteroatoms. The highest BCUT2D eigenvalue weighted by molar-refractivity contribution is 7.42. The Morgan fingerprint density at radius 2 is 1.74 bits per heavy atom. The van der Waals surface area contributed by atoms with Gasteiger partial charge in [0.25, 0.3) is 5.56 Å². The summed E-state index contributed by atoms with van der Waals surface area (Å²) in [6.45, 7) is 16.0. The summed E-state index contributed by atoms with van der Waals surface area (Å²) in [5.74, 6) is 0.00272. The molecule has 4 radical (unpaired) electrons. The molecule has 1 N–H and O–H groups in total. The van der Waals surface area contributed by atoms with Crippen LogP contribution in [0.15, 0.2) is 27.9 Å². The van der Waals surface area contributed by atoms with Crippen LogP contribution in [-0.4, -0.2) is 43.9 Å². The molecule has 2 atom stereocenters. The second-order valence-electron chi connectivity index (χ2n) is 10.9. The van der Waals surface area contributed by atoms with Crippen LogP contribution in [0.2, 0.25) is 0 Å². The number of hydrogen-bond acceptors (Lipinski definition) is 6. The minimum atomic E-state index is -2.09. The largest absolute Gasteiger partial charge is 0.426 e. The van der Waals surface area contributed by atoms with Gasteiger partial charge in [-0.25, -0.2) is 9.18 Å². The molecular formula is C26H38B2FN2O6P. The van der Waals surface area contributed by atoms with E-state index in [0.717, 1.165) is 5.56 Å². The average Bonchev–Trinajstić information content (AvgIpc) is 2.80. The van der Waals surface area contributed by atoms with Crippen molar-refractivity contribution in [3.8, 4) is 5.75 Å². The molecule has 1 aromatic heterocycles. The van der Waals surface area contributed by atoms with Gasteiger partial charge in [0.1, 0.15) is 27.3 Å². The van der Waals surface area contributed by atoms with Crippen molar-refractivity contribution in [2.24, 2.45) is 0 Å². The van der Waals surface area contributed by atoms with Gasteiger partial charge in [0, 0.05) is 36.9 Å². The van der Waals surface area contributed by atoms with Crippen molar-refractivity contribution in [2.75, 3.05) is 7.11 Å². The molecule has 38 heavy (non-hydrogen) atoms. The molecule has 0 bridgehead atoms. The molecule has 8 nitrogen and oxygen atoms in total. The van der Waals surface area contributed by atoms with Crippen molar-refractivity contribution in [3.05, 3.63) is 61.7 Å². The molecule has 2 aromatic rings. The average molecular weight is 546 g/mol. The van der Waals surface area contributed by atoms with E-state index in [4.69, 9.17) is 34.0 Å². The zero-order chi connectivity index (χ0) is 29.1. The van der Waals surface area contributed by atoms with E-state index < -0.39 is 36.8 Å². The molecule has 0 spiro atoms. The Kier molecular flexibility index (Phi) is 10.6. The van der Waals surface area contributed by atoms with E-state index in [2.05, 4.69) is 4.98 Å². The van der Waals surface area contributed by atoms with E-state index in [-0.39, 0.29) is 30.8 Å². The Balaban J connectivity index is 0.00000247. The Labute approximate surface area is 228 Å². The molecule has 1 aliphatic rings. The summed E-state index contributed by atoms with van der Waals surface area (Å²) >= 11 is 0. The first kappa shape index (κ1) is 32.3. The van der Waals surface area contributed by atoms with E-state index in [1.807, 2.05) is 61.5 Å².